The van der Waals surface area contributed by atoms with Gasteiger partial charge >= 0.3 is 18.0 Å². The first kappa shape index (κ1) is 22.2. The van der Waals surface area contributed by atoms with Gasteiger partial charge in [-0.3, -0.25) is 0 Å². The van der Waals surface area contributed by atoms with Crippen LogP contribution in [0.3, 0.4) is 0 Å². The summed E-state index contributed by atoms with van der Waals surface area (Å²) in [5.41, 5.74) is -0.166. The van der Waals surface area contributed by atoms with Gasteiger partial charge in [0.15, 0.2) is 11.6 Å². The van der Waals surface area contributed by atoms with Crippen molar-refractivity contribution in [1.29, 1.82) is 0 Å². The van der Waals surface area contributed by atoms with E-state index in [-0.39, 0.29) is 43.0 Å². The molecule has 4 amide bonds. The normalized spacial score (nSPS) is 16.5. The van der Waals surface area contributed by atoms with Crippen molar-refractivity contribution in [3.05, 3.63) is 46.7 Å². The number of methoxy groups -OCH3 is 2. The Labute approximate surface area is 165 Å². The summed E-state index contributed by atoms with van der Waals surface area (Å²) >= 11 is 0. The number of hydrogen-bond acceptors (Lipinski definition) is 6. The molecule has 1 atom stereocenters. The van der Waals surface area contributed by atoms with E-state index in [1.54, 1.807) is 0 Å². The van der Waals surface area contributed by atoms with E-state index >= 15 is 0 Å². The number of aliphatic hydroxyl groups excluding tert-OH is 1. The topological polar surface area (TPSA) is 117 Å². The lowest BCUT2D eigenvalue weighted by atomic mass is 9.93. The third-order valence-corrected chi connectivity index (χ3v) is 4.12. The van der Waals surface area contributed by atoms with Crippen LogP contribution in [0, 0.1) is 11.6 Å². The summed E-state index contributed by atoms with van der Waals surface area (Å²) in [6, 6.07) is -0.428. The lowest BCUT2D eigenvalue weighted by molar-refractivity contribution is -0.137. The van der Waals surface area contributed by atoms with E-state index in [1.165, 1.54) is 7.11 Å². The Kier molecular flexibility index (Phi) is 7.62. The van der Waals surface area contributed by atoms with Crippen molar-refractivity contribution in [3.63, 3.8) is 0 Å². The fourth-order valence-corrected chi connectivity index (χ4v) is 2.84. The molecule has 1 aliphatic rings. The van der Waals surface area contributed by atoms with Crippen LogP contribution in [0.5, 0.6) is 0 Å². The Bertz CT molecular complexity index is 830. The number of carbonyl (C=O) groups is 3. The zero-order chi connectivity index (χ0) is 21.6. The van der Waals surface area contributed by atoms with Crippen LogP contribution >= 0.6 is 0 Å². The molecule has 1 aliphatic heterocycles. The van der Waals surface area contributed by atoms with E-state index in [0.717, 1.165) is 25.3 Å². The molecular formula is C18H21F2N3O6. The Balaban J connectivity index is 2.62. The number of nitrogens with zero attached hydrogens (tertiary/aromatic N) is 1. The Morgan fingerprint density at radius 3 is 2.59 bits per heavy atom. The Morgan fingerprint density at radius 1 is 1.28 bits per heavy atom. The molecule has 9 nitrogen and oxygen atoms in total. The number of halogens is 2. The zero-order valence-electron chi connectivity index (χ0n) is 15.8. The average molecular weight is 413 g/mol. The van der Waals surface area contributed by atoms with Gasteiger partial charge in [0.1, 0.15) is 6.04 Å². The molecule has 1 aromatic carbocycles. The molecule has 0 aliphatic carbocycles. The van der Waals surface area contributed by atoms with E-state index in [0.29, 0.717) is 4.90 Å². The fourth-order valence-electron chi connectivity index (χ4n) is 2.84. The molecule has 0 radical (unpaired) electrons. The van der Waals surface area contributed by atoms with E-state index in [2.05, 4.69) is 10.6 Å². The molecule has 0 spiro atoms. The molecule has 1 heterocycles. The van der Waals surface area contributed by atoms with Gasteiger partial charge in [-0.2, -0.15) is 0 Å². The summed E-state index contributed by atoms with van der Waals surface area (Å²) < 4.78 is 37.1. The van der Waals surface area contributed by atoms with Gasteiger partial charge in [-0.1, -0.05) is 6.07 Å². The molecule has 0 bridgehead atoms. The summed E-state index contributed by atoms with van der Waals surface area (Å²) in [6.45, 7) is -0.341. The van der Waals surface area contributed by atoms with Gasteiger partial charge in [0.25, 0.3) is 0 Å². The molecule has 0 saturated heterocycles. The minimum absolute atomic E-state index is 0.0231. The first-order valence-electron chi connectivity index (χ1n) is 8.59. The maximum Gasteiger partial charge on any atom is 0.338 e. The van der Waals surface area contributed by atoms with Crippen molar-refractivity contribution in [3.8, 4) is 0 Å². The van der Waals surface area contributed by atoms with Crippen LogP contribution in [-0.4, -0.2) is 62.0 Å². The van der Waals surface area contributed by atoms with Crippen molar-refractivity contribution in [2.75, 3.05) is 34.0 Å². The highest BCUT2D eigenvalue weighted by Gasteiger charge is 2.43. The van der Waals surface area contributed by atoms with Gasteiger partial charge in [0, 0.05) is 20.3 Å². The zero-order valence-corrected chi connectivity index (χ0v) is 15.8. The Morgan fingerprint density at radius 2 is 2.00 bits per heavy atom. The van der Waals surface area contributed by atoms with Crippen LogP contribution in [0.15, 0.2) is 29.5 Å². The number of carbonyl (C=O) groups excluding carboxylic acids is 3. The van der Waals surface area contributed by atoms with Crippen molar-refractivity contribution >= 4 is 18.0 Å². The average Bonchev–Trinajstić information content (AvgIpc) is 2.69. The summed E-state index contributed by atoms with van der Waals surface area (Å²) in [7, 11) is 2.43. The molecule has 0 saturated carbocycles. The molecule has 1 aromatic rings. The van der Waals surface area contributed by atoms with Gasteiger partial charge in [0.05, 0.1) is 25.0 Å². The number of ether oxygens (including phenoxy) is 2. The van der Waals surface area contributed by atoms with Crippen molar-refractivity contribution in [2.45, 2.75) is 12.5 Å². The van der Waals surface area contributed by atoms with E-state index in [4.69, 9.17) is 14.6 Å². The molecular weight excluding hydrogens is 392 g/mol. The van der Waals surface area contributed by atoms with Crippen LogP contribution in [0.1, 0.15) is 18.0 Å². The third kappa shape index (κ3) is 4.87. The molecule has 1 unspecified atom stereocenters. The largest absolute Gasteiger partial charge is 0.466 e. The minimum atomic E-state index is -1.40. The number of urea groups is 2. The predicted octanol–water partition coefficient (Wildman–Crippen LogP) is 1.20. The lowest BCUT2D eigenvalue weighted by Crippen LogP contribution is -2.55. The number of nitrogens with one attached hydrogen (secondary N) is 2. The maximum atomic E-state index is 13.9. The van der Waals surface area contributed by atoms with Gasteiger partial charge in [-0.25, -0.2) is 28.1 Å². The highest BCUT2D eigenvalue weighted by atomic mass is 19.2. The van der Waals surface area contributed by atoms with Gasteiger partial charge in [-0.05, 0) is 24.1 Å². The second kappa shape index (κ2) is 9.94. The highest BCUT2D eigenvalue weighted by Crippen LogP contribution is 2.35. The fraction of sp³-hybridized carbons (Fsp3) is 0.389. The number of hydrogen-bond donors (Lipinski definition) is 3. The van der Waals surface area contributed by atoms with Crippen molar-refractivity contribution in [1.82, 2.24) is 15.5 Å². The van der Waals surface area contributed by atoms with E-state index < -0.39 is 35.7 Å². The van der Waals surface area contributed by atoms with Crippen LogP contribution in [-0.2, 0) is 14.3 Å². The monoisotopic (exact) mass is 413 g/mol. The van der Waals surface area contributed by atoms with Crippen LogP contribution in [0.4, 0.5) is 18.4 Å². The van der Waals surface area contributed by atoms with Crippen molar-refractivity contribution < 1.29 is 37.7 Å². The standard InChI is InChI=1S/C18H21F2N3O6/c1-28-9-13-14(16(25)29-2)15(10-4-5-11(19)12(20)8-10)23(18(27)22-13)17(26)21-6-3-7-24/h4-5,8,15,24H,3,6-7,9H2,1-2H3,(H,21,26)(H,22,27). The van der Waals surface area contributed by atoms with E-state index in [1.807, 2.05) is 0 Å². The van der Waals surface area contributed by atoms with Crippen LogP contribution < -0.4 is 10.6 Å². The quantitative estimate of drug-likeness (QED) is 0.457. The van der Waals surface area contributed by atoms with Crippen molar-refractivity contribution in [2.24, 2.45) is 0 Å². The summed E-state index contributed by atoms with van der Waals surface area (Å²) in [4.78, 5) is 38.4. The summed E-state index contributed by atoms with van der Waals surface area (Å²) in [5.74, 6) is -3.24. The first-order valence-corrected chi connectivity index (χ1v) is 8.59. The summed E-state index contributed by atoms with van der Waals surface area (Å²) in [6.07, 6.45) is 0.228. The molecule has 158 valence electrons. The van der Waals surface area contributed by atoms with E-state index in [9.17, 15) is 23.2 Å². The van der Waals surface area contributed by atoms with Gasteiger partial charge in [0.2, 0.25) is 0 Å². The number of benzene rings is 1. The molecule has 29 heavy (non-hydrogen) atoms. The molecule has 2 rings (SSSR count). The molecule has 0 fully saturated rings. The first-order chi connectivity index (χ1) is 13.8. The number of esters is 1. The second-order valence-corrected chi connectivity index (χ2v) is 6.00. The SMILES string of the molecule is COCC1=C(C(=O)OC)C(c2ccc(F)c(F)c2)N(C(=O)NCCCO)C(=O)N1. The molecule has 3 N–H and O–H groups in total. The number of amides is 4. The lowest BCUT2D eigenvalue weighted by Gasteiger charge is -2.36. The predicted molar refractivity (Wildman–Crippen MR) is 95.5 cm³/mol. The molecule has 11 heteroatoms. The number of imide groups is 1. The van der Waals surface area contributed by atoms with Gasteiger partial charge < -0.3 is 25.2 Å². The summed E-state index contributed by atoms with van der Waals surface area (Å²) in [5, 5.41) is 13.7. The highest BCUT2D eigenvalue weighted by molar-refractivity contribution is 6.01. The number of aliphatic hydroxyl groups is 1. The Hall–Kier alpha value is -3.05. The second-order valence-electron chi connectivity index (χ2n) is 6.00. The molecule has 0 aromatic heterocycles. The maximum absolute atomic E-state index is 13.9. The van der Waals surface area contributed by atoms with Crippen LogP contribution in [0.2, 0.25) is 0 Å². The number of rotatable bonds is 7. The van der Waals surface area contributed by atoms with Crippen LogP contribution in [0.25, 0.3) is 0 Å². The third-order valence-electron chi connectivity index (χ3n) is 4.12. The minimum Gasteiger partial charge on any atom is -0.466 e. The van der Waals surface area contributed by atoms with Gasteiger partial charge in [-0.15, -0.1) is 0 Å². The smallest absolute Gasteiger partial charge is 0.338 e.